The van der Waals surface area contributed by atoms with E-state index in [4.69, 9.17) is 28.3 Å². The second-order valence-electron chi connectivity index (χ2n) is 5.08. The van der Waals surface area contributed by atoms with Crippen molar-refractivity contribution in [3.8, 4) is 0 Å². The Morgan fingerprint density at radius 1 is 1.17 bits per heavy atom. The van der Waals surface area contributed by atoms with Crippen molar-refractivity contribution in [1.29, 1.82) is 0 Å². The molecule has 4 nitrogen and oxygen atoms in total. The van der Waals surface area contributed by atoms with Crippen molar-refractivity contribution < 1.29 is 14.7 Å². The van der Waals surface area contributed by atoms with E-state index in [1.165, 1.54) is 17.8 Å². The van der Waals surface area contributed by atoms with Crippen LogP contribution in [0.3, 0.4) is 0 Å². The van der Waals surface area contributed by atoms with E-state index in [1.807, 2.05) is 0 Å². The molecule has 0 aromatic heterocycles. The first-order valence-electron chi connectivity index (χ1n) is 7.03. The van der Waals surface area contributed by atoms with Crippen molar-refractivity contribution in [2.24, 2.45) is 0 Å². The monoisotopic (exact) mass is 383 g/mol. The maximum absolute atomic E-state index is 12.0. The molecule has 2 N–H and O–H groups in total. The Morgan fingerprint density at radius 2 is 1.83 bits per heavy atom. The fraction of sp³-hybridized carbons (Fsp3) is 0.176. The molecule has 2 aromatic carbocycles. The summed E-state index contributed by atoms with van der Waals surface area (Å²) < 4.78 is 0. The number of hydrogen-bond donors (Lipinski definition) is 2. The van der Waals surface area contributed by atoms with E-state index in [-0.39, 0.29) is 17.2 Å². The van der Waals surface area contributed by atoms with Crippen LogP contribution in [0, 0.1) is 6.92 Å². The van der Waals surface area contributed by atoms with Crippen molar-refractivity contribution >= 4 is 52.5 Å². The van der Waals surface area contributed by atoms with Crippen molar-refractivity contribution in [3.05, 3.63) is 63.1 Å². The molecule has 1 amide bonds. The molecule has 0 aliphatic rings. The number of halogens is 2. The summed E-state index contributed by atoms with van der Waals surface area (Å²) in [6, 6.07) is 10.1. The molecule has 0 heterocycles. The highest BCUT2D eigenvalue weighted by Gasteiger charge is 2.11. The summed E-state index contributed by atoms with van der Waals surface area (Å²) >= 11 is 13.5. The molecule has 0 aliphatic heterocycles. The Bertz CT molecular complexity index is 760. The number of amides is 1. The number of thioether (sulfide) groups is 1. The zero-order valence-electron chi connectivity index (χ0n) is 12.8. The quantitative estimate of drug-likeness (QED) is 0.746. The predicted molar refractivity (Wildman–Crippen MR) is 99.4 cm³/mol. The number of hydrogen-bond acceptors (Lipinski definition) is 3. The van der Waals surface area contributed by atoms with Gasteiger partial charge in [-0.15, -0.1) is 11.8 Å². The Morgan fingerprint density at radius 3 is 2.46 bits per heavy atom. The van der Waals surface area contributed by atoms with Crippen LogP contribution in [0.15, 0.2) is 36.4 Å². The number of benzene rings is 2. The molecule has 0 unspecified atom stereocenters. The van der Waals surface area contributed by atoms with Crippen molar-refractivity contribution in [2.75, 3.05) is 11.1 Å². The van der Waals surface area contributed by atoms with Gasteiger partial charge in [0, 0.05) is 21.5 Å². The van der Waals surface area contributed by atoms with E-state index < -0.39 is 5.97 Å². The standard InChI is InChI=1S/C17H15Cl2NO3S/c1-10-5-6-11(7-12(10)17(22)23)20-16(21)9-24-8-13-14(18)3-2-4-15(13)19/h2-7H,8-9H2,1H3,(H,20,21)(H,22,23). The molecule has 2 rings (SSSR count). The predicted octanol–water partition coefficient (Wildman–Crippen LogP) is 4.87. The summed E-state index contributed by atoms with van der Waals surface area (Å²) in [5.74, 6) is -0.521. The lowest BCUT2D eigenvalue weighted by molar-refractivity contribution is -0.113. The molecule has 0 atom stereocenters. The molecule has 0 saturated heterocycles. The van der Waals surface area contributed by atoms with Crippen LogP contribution in [-0.4, -0.2) is 22.7 Å². The van der Waals surface area contributed by atoms with Crippen molar-refractivity contribution in [2.45, 2.75) is 12.7 Å². The van der Waals surface area contributed by atoms with Gasteiger partial charge in [0.2, 0.25) is 5.91 Å². The van der Waals surface area contributed by atoms with Crippen LogP contribution in [-0.2, 0) is 10.5 Å². The lowest BCUT2D eigenvalue weighted by atomic mass is 10.1. The average Bonchev–Trinajstić information content (AvgIpc) is 2.52. The lowest BCUT2D eigenvalue weighted by Crippen LogP contribution is -2.15. The first-order valence-corrected chi connectivity index (χ1v) is 8.94. The number of anilines is 1. The zero-order chi connectivity index (χ0) is 17.7. The highest BCUT2D eigenvalue weighted by atomic mass is 35.5. The largest absolute Gasteiger partial charge is 0.478 e. The fourth-order valence-corrected chi connectivity index (χ4v) is 3.61. The van der Waals surface area contributed by atoms with Gasteiger partial charge in [-0.2, -0.15) is 0 Å². The van der Waals surface area contributed by atoms with Crippen molar-refractivity contribution in [3.63, 3.8) is 0 Å². The molecule has 0 fully saturated rings. The molecule has 0 saturated carbocycles. The van der Waals surface area contributed by atoms with E-state index in [9.17, 15) is 9.59 Å². The maximum atomic E-state index is 12.0. The smallest absolute Gasteiger partial charge is 0.336 e. The molecule has 24 heavy (non-hydrogen) atoms. The summed E-state index contributed by atoms with van der Waals surface area (Å²) in [5, 5.41) is 12.9. The third-order valence-electron chi connectivity index (χ3n) is 3.29. The Kier molecular flexibility index (Phi) is 6.54. The highest BCUT2D eigenvalue weighted by molar-refractivity contribution is 7.99. The van der Waals surface area contributed by atoms with E-state index in [1.54, 1.807) is 37.3 Å². The highest BCUT2D eigenvalue weighted by Crippen LogP contribution is 2.28. The number of rotatable bonds is 6. The van der Waals surface area contributed by atoms with E-state index in [0.717, 1.165) is 5.56 Å². The van der Waals surface area contributed by atoms with E-state index in [2.05, 4.69) is 5.32 Å². The minimum absolute atomic E-state index is 0.170. The number of carboxylic acid groups (broad SMARTS) is 1. The van der Waals surface area contributed by atoms with Gasteiger partial charge in [0.25, 0.3) is 0 Å². The maximum Gasteiger partial charge on any atom is 0.336 e. The summed E-state index contributed by atoms with van der Waals surface area (Å²) in [5.41, 5.74) is 2.06. The average molecular weight is 384 g/mol. The normalized spacial score (nSPS) is 10.5. The van der Waals surface area contributed by atoms with Crippen LogP contribution >= 0.6 is 35.0 Å². The van der Waals surface area contributed by atoms with Crippen LogP contribution in [0.5, 0.6) is 0 Å². The minimum atomic E-state index is -1.02. The zero-order valence-corrected chi connectivity index (χ0v) is 15.1. The Hall–Kier alpha value is -1.69. The van der Waals surface area contributed by atoms with Gasteiger partial charge in [-0.25, -0.2) is 4.79 Å². The first-order chi connectivity index (χ1) is 11.4. The third kappa shape index (κ3) is 4.90. The summed E-state index contributed by atoms with van der Waals surface area (Å²) in [4.78, 5) is 23.1. The van der Waals surface area contributed by atoms with Gasteiger partial charge in [0.05, 0.1) is 11.3 Å². The number of aromatic carboxylic acids is 1. The molecule has 126 valence electrons. The van der Waals surface area contributed by atoms with Crippen LogP contribution in [0.25, 0.3) is 0 Å². The topological polar surface area (TPSA) is 66.4 Å². The molecular formula is C17H15Cl2NO3S. The second kappa shape index (κ2) is 8.42. The number of carbonyl (C=O) groups excluding carboxylic acids is 1. The summed E-state index contributed by atoms with van der Waals surface area (Å²) in [6.45, 7) is 1.71. The van der Waals surface area contributed by atoms with Crippen LogP contribution in [0.4, 0.5) is 5.69 Å². The number of carbonyl (C=O) groups is 2. The van der Waals surface area contributed by atoms with Crippen LogP contribution in [0.2, 0.25) is 10.0 Å². The van der Waals surface area contributed by atoms with Gasteiger partial charge < -0.3 is 10.4 Å². The van der Waals surface area contributed by atoms with Crippen molar-refractivity contribution in [1.82, 2.24) is 0 Å². The third-order valence-corrected chi connectivity index (χ3v) is 4.96. The molecule has 0 aliphatic carbocycles. The number of carboxylic acids is 1. The molecule has 7 heteroatoms. The fourth-order valence-electron chi connectivity index (χ4n) is 2.04. The Labute approximate surface area is 154 Å². The van der Waals surface area contributed by atoms with E-state index in [0.29, 0.717) is 27.0 Å². The second-order valence-corrected chi connectivity index (χ2v) is 6.88. The number of aryl methyl sites for hydroxylation is 1. The lowest BCUT2D eigenvalue weighted by Gasteiger charge is -2.09. The number of nitrogens with one attached hydrogen (secondary N) is 1. The van der Waals surface area contributed by atoms with Gasteiger partial charge in [-0.05, 0) is 42.3 Å². The Balaban J connectivity index is 1.92. The van der Waals surface area contributed by atoms with Gasteiger partial charge in [0.1, 0.15) is 0 Å². The minimum Gasteiger partial charge on any atom is -0.478 e. The van der Waals surface area contributed by atoms with Gasteiger partial charge in [-0.3, -0.25) is 4.79 Å². The molecule has 2 aromatic rings. The summed E-state index contributed by atoms with van der Waals surface area (Å²) in [6.07, 6.45) is 0. The van der Waals surface area contributed by atoms with Crippen LogP contribution in [0.1, 0.15) is 21.5 Å². The molecule has 0 bridgehead atoms. The van der Waals surface area contributed by atoms with Gasteiger partial charge >= 0.3 is 5.97 Å². The SMILES string of the molecule is Cc1ccc(NC(=O)CSCc2c(Cl)cccc2Cl)cc1C(=O)O. The van der Waals surface area contributed by atoms with E-state index >= 15 is 0 Å². The molecular weight excluding hydrogens is 369 g/mol. The first kappa shape index (κ1) is 18.6. The summed E-state index contributed by atoms with van der Waals surface area (Å²) in [7, 11) is 0. The van der Waals surface area contributed by atoms with Gasteiger partial charge in [0.15, 0.2) is 0 Å². The molecule has 0 spiro atoms. The van der Waals surface area contributed by atoms with Gasteiger partial charge in [-0.1, -0.05) is 35.3 Å². The molecule has 0 radical (unpaired) electrons. The van der Waals surface area contributed by atoms with Crippen LogP contribution < -0.4 is 5.32 Å².